The summed E-state index contributed by atoms with van der Waals surface area (Å²) in [5, 5.41) is 28.1. The lowest BCUT2D eigenvalue weighted by Gasteiger charge is -2.31. The lowest BCUT2D eigenvalue weighted by atomic mass is 10.1. The molecule has 0 radical (unpaired) electrons. The van der Waals surface area contributed by atoms with Crippen LogP contribution in [0, 0.1) is 0 Å². The van der Waals surface area contributed by atoms with E-state index in [0.29, 0.717) is 6.42 Å². The average Bonchev–Trinajstić information content (AvgIpc) is 2.18. The molecule has 0 saturated carbocycles. The van der Waals surface area contributed by atoms with Crippen molar-refractivity contribution >= 4 is 27.7 Å². The van der Waals surface area contributed by atoms with Gasteiger partial charge in [0.05, 0.1) is 18.8 Å². The molecular weight excluding hydrogens is 293 g/mol. The Hall–Kier alpha value is 1.09. The maximum atomic E-state index is 9.55. The summed E-state index contributed by atoms with van der Waals surface area (Å²) in [6.07, 6.45) is -0.822. The summed E-state index contributed by atoms with van der Waals surface area (Å²) in [4.78, 5) is -0.666. The smallest absolute Gasteiger partial charge is 0.111 e. The van der Waals surface area contributed by atoms with E-state index < -0.39 is 22.6 Å². The van der Waals surface area contributed by atoms with Crippen LogP contribution in [0.3, 0.4) is 0 Å². The van der Waals surface area contributed by atoms with Gasteiger partial charge in [0.15, 0.2) is 0 Å². The Morgan fingerprint density at radius 3 is 1.89 bits per heavy atom. The van der Waals surface area contributed by atoms with Crippen LogP contribution in [0.1, 0.15) is 20.3 Å². The fourth-order valence-corrected chi connectivity index (χ4v) is 1.75. The van der Waals surface area contributed by atoms with E-state index in [0.717, 1.165) is 0 Å². The van der Waals surface area contributed by atoms with Gasteiger partial charge in [0, 0.05) is 6.61 Å². The van der Waals surface area contributed by atoms with Gasteiger partial charge >= 0.3 is 0 Å². The minimum absolute atomic E-state index is 0.257. The van der Waals surface area contributed by atoms with Crippen molar-refractivity contribution in [1.29, 1.82) is 0 Å². The number of aliphatic hydroxyl groups is 3. The third kappa shape index (κ3) is 9.95. The highest BCUT2D eigenvalue weighted by Crippen LogP contribution is 2.37. The first-order valence-electron chi connectivity index (χ1n) is 5.69. The molecule has 0 aliphatic rings. The minimum atomic E-state index is -0.818. The number of aliphatic hydroxyl groups excluding tert-OH is 2. The highest BCUT2D eigenvalue weighted by molar-refractivity contribution is 7.56. The Balaban J connectivity index is 4.27. The van der Waals surface area contributed by atoms with Crippen molar-refractivity contribution in [2.75, 3.05) is 19.8 Å². The van der Waals surface area contributed by atoms with Crippen molar-refractivity contribution < 1.29 is 24.8 Å². The lowest BCUT2D eigenvalue weighted by Crippen LogP contribution is -2.40. The van der Waals surface area contributed by atoms with E-state index in [2.05, 4.69) is 27.7 Å². The molecule has 0 spiro atoms. The van der Waals surface area contributed by atoms with Gasteiger partial charge in [-0.25, -0.2) is 0 Å². The number of ether oxygens (including phenoxy) is 2. The molecule has 0 rings (SSSR count). The summed E-state index contributed by atoms with van der Waals surface area (Å²) < 4.78 is 11.0. The van der Waals surface area contributed by atoms with Crippen LogP contribution in [-0.4, -0.2) is 57.8 Å². The number of rotatable bonds is 9. The van der Waals surface area contributed by atoms with Gasteiger partial charge in [0.1, 0.15) is 17.0 Å². The molecule has 0 amide bonds. The van der Waals surface area contributed by atoms with Crippen LogP contribution >= 0.6 is 27.7 Å². The van der Waals surface area contributed by atoms with E-state index in [1.54, 1.807) is 13.8 Å². The third-order valence-electron chi connectivity index (χ3n) is 2.18. The first-order valence-corrected chi connectivity index (χ1v) is 7.42. The average molecular weight is 318 g/mol. The second-order valence-corrected chi connectivity index (χ2v) is 9.55. The Bertz CT molecular complexity index is 227. The largest absolute Gasteiger partial charge is 0.394 e. The molecular formula is C10H25O5P3. The van der Waals surface area contributed by atoms with Gasteiger partial charge in [-0.2, -0.15) is 0 Å². The van der Waals surface area contributed by atoms with Crippen molar-refractivity contribution in [1.82, 2.24) is 0 Å². The van der Waals surface area contributed by atoms with Crippen LogP contribution in [0.25, 0.3) is 0 Å². The van der Waals surface area contributed by atoms with Gasteiger partial charge in [-0.1, -0.05) is 27.7 Å². The van der Waals surface area contributed by atoms with Gasteiger partial charge in [0.25, 0.3) is 0 Å². The molecule has 0 aromatic carbocycles. The molecule has 0 aliphatic heterocycles. The van der Waals surface area contributed by atoms with Crippen LogP contribution in [0.4, 0.5) is 0 Å². The van der Waals surface area contributed by atoms with Crippen LogP contribution in [-0.2, 0) is 9.47 Å². The molecule has 0 aliphatic carbocycles. The Morgan fingerprint density at radius 1 is 1.06 bits per heavy atom. The SMILES string of the molecule is CC(C)(O)CCOC(CO)C(CO)OC(P)(P)P. The van der Waals surface area contributed by atoms with Gasteiger partial charge in [-0.3, -0.25) is 0 Å². The van der Waals surface area contributed by atoms with Crippen molar-refractivity contribution in [2.45, 2.75) is 42.9 Å². The molecule has 5 atom stereocenters. The minimum Gasteiger partial charge on any atom is -0.394 e. The second kappa shape index (κ2) is 8.39. The molecule has 110 valence electrons. The maximum Gasteiger partial charge on any atom is 0.111 e. The fraction of sp³-hybridized carbons (Fsp3) is 1.00. The Kier molecular flexibility index (Phi) is 8.90. The lowest BCUT2D eigenvalue weighted by molar-refractivity contribution is -0.115. The Morgan fingerprint density at radius 2 is 1.56 bits per heavy atom. The summed E-state index contributed by atoms with van der Waals surface area (Å²) in [7, 11) is 7.31. The van der Waals surface area contributed by atoms with Crippen molar-refractivity contribution in [2.24, 2.45) is 0 Å². The Labute approximate surface area is 116 Å². The van der Waals surface area contributed by atoms with Crippen LogP contribution in [0.5, 0.6) is 0 Å². The van der Waals surface area contributed by atoms with E-state index in [-0.39, 0.29) is 19.8 Å². The summed E-state index contributed by atoms with van der Waals surface area (Å²) >= 11 is 0. The molecule has 0 saturated heterocycles. The maximum absolute atomic E-state index is 9.55. The predicted molar refractivity (Wildman–Crippen MR) is 81.6 cm³/mol. The molecule has 0 fully saturated rings. The molecule has 0 aromatic heterocycles. The van der Waals surface area contributed by atoms with E-state index in [1.807, 2.05) is 0 Å². The summed E-state index contributed by atoms with van der Waals surface area (Å²) in [6, 6.07) is 0. The van der Waals surface area contributed by atoms with Crippen molar-refractivity contribution in [3.63, 3.8) is 0 Å². The summed E-state index contributed by atoms with van der Waals surface area (Å²) in [6.45, 7) is 3.14. The fourth-order valence-electron chi connectivity index (χ4n) is 1.23. The zero-order valence-corrected chi connectivity index (χ0v) is 14.3. The topological polar surface area (TPSA) is 79.2 Å². The zero-order chi connectivity index (χ0) is 14.4. The standard InChI is InChI=1S/C10H25O5P3/c1-9(2,13)3-4-14-7(5-11)8(6-12)15-10(16,17)18/h7-8,11-13H,3-6,16-18H2,1-2H3. The monoisotopic (exact) mass is 318 g/mol. The van der Waals surface area contributed by atoms with E-state index in [1.165, 1.54) is 0 Å². The van der Waals surface area contributed by atoms with Crippen LogP contribution in [0.2, 0.25) is 0 Å². The third-order valence-corrected chi connectivity index (χ3v) is 2.58. The van der Waals surface area contributed by atoms with E-state index in [9.17, 15) is 15.3 Å². The van der Waals surface area contributed by atoms with Crippen molar-refractivity contribution in [3.8, 4) is 0 Å². The molecule has 8 heteroatoms. The molecule has 0 bridgehead atoms. The second-order valence-electron chi connectivity index (χ2n) is 4.85. The van der Waals surface area contributed by atoms with Gasteiger partial charge in [0.2, 0.25) is 0 Å². The highest BCUT2D eigenvalue weighted by atomic mass is 31.1. The molecule has 5 nitrogen and oxygen atoms in total. The molecule has 18 heavy (non-hydrogen) atoms. The normalized spacial score (nSPS) is 16.7. The van der Waals surface area contributed by atoms with Gasteiger partial charge in [-0.15, -0.1) is 0 Å². The van der Waals surface area contributed by atoms with Gasteiger partial charge < -0.3 is 24.8 Å². The van der Waals surface area contributed by atoms with Crippen molar-refractivity contribution in [3.05, 3.63) is 0 Å². The quantitative estimate of drug-likeness (QED) is 0.527. The highest BCUT2D eigenvalue weighted by Gasteiger charge is 2.27. The van der Waals surface area contributed by atoms with Gasteiger partial charge in [-0.05, 0) is 20.3 Å². The number of hydrogen-bond donors (Lipinski definition) is 3. The molecule has 0 aromatic rings. The summed E-state index contributed by atoms with van der Waals surface area (Å²) in [5.74, 6) is 0. The molecule has 5 unspecified atom stereocenters. The number of hydrogen-bond acceptors (Lipinski definition) is 5. The predicted octanol–water partition coefficient (Wildman–Crippen LogP) is 0.139. The van der Waals surface area contributed by atoms with Crippen LogP contribution in [0.15, 0.2) is 0 Å². The van der Waals surface area contributed by atoms with Crippen LogP contribution < -0.4 is 0 Å². The first-order chi connectivity index (χ1) is 8.09. The zero-order valence-electron chi connectivity index (χ0n) is 10.9. The molecule has 3 N–H and O–H groups in total. The first kappa shape index (κ1) is 19.1. The van der Waals surface area contributed by atoms with E-state index >= 15 is 0 Å². The van der Waals surface area contributed by atoms with E-state index in [4.69, 9.17) is 9.47 Å². The summed E-state index contributed by atoms with van der Waals surface area (Å²) in [5.41, 5.74) is -0.818. The molecule has 0 heterocycles.